The van der Waals surface area contributed by atoms with E-state index < -0.39 is 23.7 Å². The number of nitrogens with zero attached hydrogens (tertiary/aromatic N) is 2. The maximum atomic E-state index is 12.8. The van der Waals surface area contributed by atoms with Crippen molar-refractivity contribution in [2.45, 2.75) is 52.4 Å². The van der Waals surface area contributed by atoms with E-state index in [9.17, 15) is 14.4 Å². The van der Waals surface area contributed by atoms with E-state index in [0.29, 0.717) is 26.1 Å². The first-order valence-electron chi connectivity index (χ1n) is 10.6. The van der Waals surface area contributed by atoms with E-state index in [0.717, 1.165) is 5.56 Å². The van der Waals surface area contributed by atoms with Gasteiger partial charge in [-0.1, -0.05) is 30.3 Å². The monoisotopic (exact) mass is 434 g/mol. The molecular formula is C23H34N2O6. The number of rotatable bonds is 8. The van der Waals surface area contributed by atoms with Crippen LogP contribution in [0.15, 0.2) is 30.3 Å². The fraction of sp³-hybridized carbons (Fsp3) is 0.609. The molecule has 1 saturated heterocycles. The van der Waals surface area contributed by atoms with E-state index in [-0.39, 0.29) is 25.1 Å². The second-order valence-electron chi connectivity index (χ2n) is 8.71. The molecule has 2 rings (SSSR count). The molecule has 8 nitrogen and oxygen atoms in total. The fourth-order valence-corrected chi connectivity index (χ4v) is 3.37. The van der Waals surface area contributed by atoms with Gasteiger partial charge in [0.1, 0.15) is 18.2 Å². The number of hydrogen-bond acceptors (Lipinski definition) is 6. The Morgan fingerprint density at radius 3 is 2.45 bits per heavy atom. The number of amides is 2. The molecule has 0 aromatic heterocycles. The number of piperazine rings is 1. The van der Waals surface area contributed by atoms with Gasteiger partial charge in [0.25, 0.3) is 0 Å². The Morgan fingerprint density at radius 2 is 1.84 bits per heavy atom. The van der Waals surface area contributed by atoms with E-state index >= 15 is 0 Å². The minimum atomic E-state index is -0.626. The maximum Gasteiger partial charge on any atom is 0.410 e. The quantitative estimate of drug-likeness (QED) is 0.585. The molecular weight excluding hydrogens is 400 g/mol. The number of carbonyl (C=O) groups is 3. The van der Waals surface area contributed by atoms with Crippen molar-refractivity contribution in [2.75, 3.05) is 33.4 Å². The minimum absolute atomic E-state index is 0.162. The van der Waals surface area contributed by atoms with Crippen molar-refractivity contribution in [1.29, 1.82) is 0 Å². The van der Waals surface area contributed by atoms with Gasteiger partial charge in [0.05, 0.1) is 12.5 Å². The number of methoxy groups -OCH3 is 1. The lowest BCUT2D eigenvalue weighted by Crippen LogP contribution is -2.58. The summed E-state index contributed by atoms with van der Waals surface area (Å²) in [5.41, 5.74) is 0.305. The van der Waals surface area contributed by atoms with Crippen LogP contribution in [0.3, 0.4) is 0 Å². The Balaban J connectivity index is 1.88. The average Bonchev–Trinajstić information content (AvgIpc) is 2.71. The van der Waals surface area contributed by atoms with E-state index in [1.54, 1.807) is 11.8 Å². The molecule has 0 N–H and O–H groups in total. The van der Waals surface area contributed by atoms with Gasteiger partial charge in [-0.2, -0.15) is 0 Å². The minimum Gasteiger partial charge on any atom is -0.460 e. The van der Waals surface area contributed by atoms with Gasteiger partial charge in [-0.25, -0.2) is 4.79 Å². The molecule has 8 heteroatoms. The summed E-state index contributed by atoms with van der Waals surface area (Å²) in [6.07, 6.45) is -0.0741. The summed E-state index contributed by atoms with van der Waals surface area (Å²) in [6.45, 7) is 8.68. The summed E-state index contributed by atoms with van der Waals surface area (Å²) in [7, 11) is 1.53. The van der Waals surface area contributed by atoms with Gasteiger partial charge >= 0.3 is 12.1 Å². The molecule has 0 aliphatic carbocycles. The van der Waals surface area contributed by atoms with Gasteiger partial charge < -0.3 is 19.1 Å². The SMILES string of the molecule is COC[C@H](CCN1CCN(C(=O)OCc2ccccc2)[C@@H](C)C1=O)C(=O)OC(C)(C)C. The number of hydrogen-bond donors (Lipinski definition) is 0. The van der Waals surface area contributed by atoms with Crippen LogP contribution in [0.25, 0.3) is 0 Å². The van der Waals surface area contributed by atoms with Crippen molar-refractivity contribution in [3.63, 3.8) is 0 Å². The molecule has 0 bridgehead atoms. The molecule has 1 aliphatic rings. The molecule has 2 atom stereocenters. The van der Waals surface area contributed by atoms with Crippen molar-refractivity contribution in [3.8, 4) is 0 Å². The summed E-state index contributed by atoms with van der Waals surface area (Å²) < 4.78 is 16.0. The molecule has 172 valence electrons. The Labute approximate surface area is 184 Å². The maximum absolute atomic E-state index is 12.8. The molecule has 1 fully saturated rings. The highest BCUT2D eigenvalue weighted by Crippen LogP contribution is 2.18. The standard InChI is InChI=1S/C23H34N2O6/c1-17-20(26)24(12-11-19(16-29-5)21(27)31-23(2,3)4)13-14-25(17)22(28)30-15-18-9-7-6-8-10-18/h6-10,17,19H,11-16H2,1-5H3/t17-,19-/m0/s1. The Hall–Kier alpha value is -2.61. The zero-order valence-electron chi connectivity index (χ0n) is 19.1. The third-order valence-electron chi connectivity index (χ3n) is 5.04. The number of carbonyl (C=O) groups excluding carboxylic acids is 3. The Morgan fingerprint density at radius 1 is 1.16 bits per heavy atom. The molecule has 1 heterocycles. The summed E-state index contributed by atoms with van der Waals surface area (Å²) in [5.74, 6) is -0.956. The molecule has 0 spiro atoms. The van der Waals surface area contributed by atoms with Crippen LogP contribution < -0.4 is 0 Å². The average molecular weight is 435 g/mol. The van der Waals surface area contributed by atoms with Crippen molar-refractivity contribution in [3.05, 3.63) is 35.9 Å². The predicted octanol–water partition coefficient (Wildman–Crippen LogP) is 2.85. The van der Waals surface area contributed by atoms with Gasteiger partial charge in [-0.3, -0.25) is 14.5 Å². The van der Waals surface area contributed by atoms with E-state index in [2.05, 4.69) is 0 Å². The lowest BCUT2D eigenvalue weighted by molar-refractivity contribution is -0.162. The molecule has 0 saturated carbocycles. The van der Waals surface area contributed by atoms with Gasteiger partial charge in [0.15, 0.2) is 0 Å². The molecule has 1 aromatic carbocycles. The number of benzene rings is 1. The Bertz CT molecular complexity index is 746. The molecule has 31 heavy (non-hydrogen) atoms. The van der Waals surface area contributed by atoms with E-state index in [4.69, 9.17) is 14.2 Å². The summed E-state index contributed by atoms with van der Waals surface area (Å²) >= 11 is 0. The van der Waals surface area contributed by atoms with Crippen molar-refractivity contribution in [1.82, 2.24) is 9.80 Å². The van der Waals surface area contributed by atoms with Crippen LogP contribution in [0.2, 0.25) is 0 Å². The molecule has 2 amide bonds. The van der Waals surface area contributed by atoms with Crippen LogP contribution in [0.1, 0.15) is 39.7 Å². The summed E-state index contributed by atoms with van der Waals surface area (Å²) in [4.78, 5) is 40.8. The van der Waals surface area contributed by atoms with E-state index in [1.807, 2.05) is 51.1 Å². The van der Waals surface area contributed by atoms with Crippen LogP contribution in [0.5, 0.6) is 0 Å². The fourth-order valence-electron chi connectivity index (χ4n) is 3.37. The highest BCUT2D eigenvalue weighted by Gasteiger charge is 2.36. The van der Waals surface area contributed by atoms with Crippen LogP contribution in [-0.2, 0) is 30.4 Å². The molecule has 1 aliphatic heterocycles. The van der Waals surface area contributed by atoms with Gasteiger partial charge in [0, 0.05) is 26.7 Å². The highest BCUT2D eigenvalue weighted by molar-refractivity contribution is 5.86. The lowest BCUT2D eigenvalue weighted by atomic mass is 10.0. The molecule has 1 aromatic rings. The third-order valence-corrected chi connectivity index (χ3v) is 5.04. The number of esters is 1. The number of ether oxygens (including phenoxy) is 3. The predicted molar refractivity (Wildman–Crippen MR) is 115 cm³/mol. The topological polar surface area (TPSA) is 85.4 Å². The summed E-state index contributed by atoms with van der Waals surface area (Å²) in [5, 5.41) is 0. The van der Waals surface area contributed by atoms with Crippen LogP contribution in [0, 0.1) is 5.92 Å². The lowest BCUT2D eigenvalue weighted by Gasteiger charge is -2.38. The largest absolute Gasteiger partial charge is 0.460 e. The molecule has 0 radical (unpaired) electrons. The van der Waals surface area contributed by atoms with Crippen molar-refractivity contribution >= 4 is 18.0 Å². The smallest absolute Gasteiger partial charge is 0.410 e. The summed E-state index contributed by atoms with van der Waals surface area (Å²) in [6, 6.07) is 8.77. The van der Waals surface area contributed by atoms with Crippen LogP contribution >= 0.6 is 0 Å². The van der Waals surface area contributed by atoms with Crippen LogP contribution in [0.4, 0.5) is 4.79 Å². The zero-order chi connectivity index (χ0) is 23.0. The second kappa shape index (κ2) is 11.1. The first-order chi connectivity index (χ1) is 14.6. The van der Waals surface area contributed by atoms with Crippen molar-refractivity contribution in [2.24, 2.45) is 5.92 Å². The second-order valence-corrected chi connectivity index (χ2v) is 8.71. The first kappa shape index (κ1) is 24.7. The normalized spacial score (nSPS) is 18.0. The van der Waals surface area contributed by atoms with Gasteiger partial charge in [-0.05, 0) is 39.7 Å². The molecule has 0 unspecified atom stereocenters. The third kappa shape index (κ3) is 7.54. The van der Waals surface area contributed by atoms with E-state index in [1.165, 1.54) is 12.0 Å². The van der Waals surface area contributed by atoms with Gasteiger partial charge in [-0.15, -0.1) is 0 Å². The van der Waals surface area contributed by atoms with Crippen LogP contribution in [-0.4, -0.2) is 72.8 Å². The van der Waals surface area contributed by atoms with Gasteiger partial charge in [0.2, 0.25) is 5.91 Å². The Kier molecular flexibility index (Phi) is 8.86. The zero-order valence-corrected chi connectivity index (χ0v) is 19.1. The first-order valence-corrected chi connectivity index (χ1v) is 10.6. The highest BCUT2D eigenvalue weighted by atomic mass is 16.6. The van der Waals surface area contributed by atoms with Crippen molar-refractivity contribution < 1.29 is 28.6 Å².